The largest absolute Gasteiger partial charge is 0.398 e. The second-order valence-electron chi connectivity index (χ2n) is 4.35. The maximum Gasteiger partial charge on any atom is 0.243 e. The zero-order valence-electron chi connectivity index (χ0n) is 10.9. The normalized spacial score (nSPS) is 13.3. The first kappa shape index (κ1) is 15.4. The van der Waals surface area contributed by atoms with Crippen LogP contribution in [0.2, 0.25) is 0 Å². The van der Waals surface area contributed by atoms with Crippen LogP contribution in [0, 0.1) is 6.92 Å². The molecule has 20 heavy (non-hydrogen) atoms. The highest BCUT2D eigenvalue weighted by Crippen LogP contribution is 2.25. The van der Waals surface area contributed by atoms with Gasteiger partial charge in [0.25, 0.3) is 0 Å². The smallest absolute Gasteiger partial charge is 0.243 e. The van der Waals surface area contributed by atoms with Crippen LogP contribution in [0.25, 0.3) is 0 Å². The van der Waals surface area contributed by atoms with Gasteiger partial charge in [-0.3, -0.25) is 0 Å². The predicted octanol–water partition coefficient (Wildman–Crippen LogP) is 2.84. The SMILES string of the molecule is Cc1csc(C(C)NS(=O)(=O)c2cc(Br)ccc2N)n1. The molecule has 3 N–H and O–H groups in total. The van der Waals surface area contributed by atoms with Gasteiger partial charge in [0.1, 0.15) is 9.90 Å². The molecular weight excluding hydrogens is 362 g/mol. The van der Waals surface area contributed by atoms with Gasteiger partial charge < -0.3 is 5.73 Å². The third kappa shape index (κ3) is 3.38. The number of nitrogen functional groups attached to an aromatic ring is 1. The number of hydrogen-bond donors (Lipinski definition) is 2. The average Bonchev–Trinajstić information content (AvgIpc) is 2.78. The van der Waals surface area contributed by atoms with Crippen molar-refractivity contribution in [2.24, 2.45) is 0 Å². The molecule has 0 aliphatic carbocycles. The molecule has 0 bridgehead atoms. The zero-order chi connectivity index (χ0) is 14.9. The molecule has 1 atom stereocenters. The second-order valence-corrected chi connectivity index (χ2v) is 7.84. The summed E-state index contributed by atoms with van der Waals surface area (Å²) in [5.41, 5.74) is 6.83. The minimum Gasteiger partial charge on any atom is -0.398 e. The molecule has 1 unspecified atom stereocenters. The van der Waals surface area contributed by atoms with Gasteiger partial charge in [0.15, 0.2) is 0 Å². The van der Waals surface area contributed by atoms with Gasteiger partial charge in [0, 0.05) is 15.5 Å². The van der Waals surface area contributed by atoms with E-state index < -0.39 is 16.1 Å². The maximum absolute atomic E-state index is 12.4. The number of hydrogen-bond acceptors (Lipinski definition) is 5. The molecule has 1 heterocycles. The van der Waals surface area contributed by atoms with E-state index in [1.165, 1.54) is 17.4 Å². The Kier molecular flexibility index (Phi) is 4.48. The zero-order valence-corrected chi connectivity index (χ0v) is 14.1. The maximum atomic E-state index is 12.4. The fourth-order valence-corrected chi connectivity index (χ4v) is 4.41. The van der Waals surface area contributed by atoms with E-state index in [0.29, 0.717) is 4.47 Å². The first-order valence-electron chi connectivity index (χ1n) is 5.79. The lowest BCUT2D eigenvalue weighted by atomic mass is 10.3. The number of aryl methyl sites for hydroxylation is 1. The van der Waals surface area contributed by atoms with Gasteiger partial charge in [0.05, 0.1) is 11.7 Å². The van der Waals surface area contributed by atoms with Crippen molar-refractivity contribution in [2.75, 3.05) is 5.73 Å². The lowest BCUT2D eigenvalue weighted by molar-refractivity contribution is 0.566. The van der Waals surface area contributed by atoms with E-state index in [2.05, 4.69) is 25.6 Å². The van der Waals surface area contributed by atoms with Crippen molar-refractivity contribution in [2.45, 2.75) is 24.8 Å². The van der Waals surface area contributed by atoms with Crippen LogP contribution in [0.4, 0.5) is 5.69 Å². The molecule has 1 aromatic carbocycles. The van der Waals surface area contributed by atoms with E-state index in [1.807, 2.05) is 12.3 Å². The lowest BCUT2D eigenvalue weighted by Gasteiger charge is -2.13. The summed E-state index contributed by atoms with van der Waals surface area (Å²) in [4.78, 5) is 4.34. The first-order valence-corrected chi connectivity index (χ1v) is 8.94. The molecule has 0 spiro atoms. The van der Waals surface area contributed by atoms with Crippen LogP contribution in [0.1, 0.15) is 23.7 Å². The van der Waals surface area contributed by atoms with Crippen LogP contribution in [0.5, 0.6) is 0 Å². The van der Waals surface area contributed by atoms with Gasteiger partial charge in [-0.25, -0.2) is 18.1 Å². The van der Waals surface area contributed by atoms with E-state index in [4.69, 9.17) is 5.73 Å². The average molecular weight is 376 g/mol. The van der Waals surface area contributed by atoms with Crippen LogP contribution >= 0.6 is 27.3 Å². The van der Waals surface area contributed by atoms with Crippen molar-refractivity contribution in [3.05, 3.63) is 38.8 Å². The van der Waals surface area contributed by atoms with E-state index in [1.54, 1.807) is 19.1 Å². The number of rotatable bonds is 4. The van der Waals surface area contributed by atoms with Crippen molar-refractivity contribution < 1.29 is 8.42 Å². The molecule has 0 aliphatic rings. The highest BCUT2D eigenvalue weighted by molar-refractivity contribution is 9.10. The topological polar surface area (TPSA) is 85.1 Å². The monoisotopic (exact) mass is 375 g/mol. The van der Waals surface area contributed by atoms with Crippen LogP contribution in [0.15, 0.2) is 32.9 Å². The Labute approximate surface area is 130 Å². The third-order valence-corrected chi connectivity index (χ3v) is 5.84. The molecular formula is C12H14BrN3O2S2. The van der Waals surface area contributed by atoms with E-state index >= 15 is 0 Å². The summed E-state index contributed by atoms with van der Waals surface area (Å²) < 4.78 is 28.0. The van der Waals surface area contributed by atoms with Gasteiger partial charge in [-0.2, -0.15) is 0 Å². The highest BCUT2D eigenvalue weighted by Gasteiger charge is 2.22. The van der Waals surface area contributed by atoms with Gasteiger partial charge >= 0.3 is 0 Å². The summed E-state index contributed by atoms with van der Waals surface area (Å²) in [5.74, 6) is 0. The standard InChI is InChI=1S/C12H14BrN3O2S2/c1-7-6-19-12(15-7)8(2)16-20(17,18)11-5-9(13)3-4-10(11)14/h3-6,8,16H,14H2,1-2H3. The van der Waals surface area contributed by atoms with Gasteiger partial charge in [0.2, 0.25) is 10.0 Å². The van der Waals surface area contributed by atoms with Gasteiger partial charge in [-0.1, -0.05) is 15.9 Å². The molecule has 2 aromatic rings. The molecule has 108 valence electrons. The van der Waals surface area contributed by atoms with Crippen LogP contribution in [0.3, 0.4) is 0 Å². The minimum absolute atomic E-state index is 0.0620. The number of thiazole rings is 1. The Bertz CT molecular complexity index is 728. The Morgan fingerprint density at radius 3 is 2.75 bits per heavy atom. The van der Waals surface area contributed by atoms with Crippen LogP contribution < -0.4 is 10.5 Å². The summed E-state index contributed by atoms with van der Waals surface area (Å²) in [7, 11) is -3.69. The van der Waals surface area contributed by atoms with Crippen molar-refractivity contribution in [1.29, 1.82) is 0 Å². The summed E-state index contributed by atoms with van der Waals surface area (Å²) in [6.07, 6.45) is 0. The molecule has 0 fully saturated rings. The third-order valence-electron chi connectivity index (χ3n) is 2.60. The number of sulfonamides is 1. The molecule has 2 rings (SSSR count). The van der Waals surface area contributed by atoms with Crippen LogP contribution in [-0.4, -0.2) is 13.4 Å². The number of aromatic nitrogens is 1. The molecule has 0 saturated heterocycles. The number of nitrogens with two attached hydrogens (primary N) is 1. The molecule has 0 radical (unpaired) electrons. The van der Waals surface area contributed by atoms with E-state index in [0.717, 1.165) is 10.7 Å². The molecule has 0 aliphatic heterocycles. The van der Waals surface area contributed by atoms with Crippen molar-refractivity contribution >= 4 is 43.0 Å². The van der Waals surface area contributed by atoms with Gasteiger partial charge in [-0.05, 0) is 32.0 Å². The fourth-order valence-electron chi connectivity index (χ4n) is 1.66. The summed E-state index contributed by atoms with van der Waals surface area (Å²) in [6.45, 7) is 3.62. The first-order chi connectivity index (χ1) is 9.29. The molecule has 5 nitrogen and oxygen atoms in total. The summed E-state index contributed by atoms with van der Waals surface area (Å²) in [5, 5.41) is 2.60. The Morgan fingerprint density at radius 1 is 1.45 bits per heavy atom. The number of halogens is 1. The van der Waals surface area contributed by atoms with Crippen molar-refractivity contribution in [1.82, 2.24) is 9.71 Å². The second kappa shape index (κ2) is 5.80. The van der Waals surface area contributed by atoms with Crippen molar-refractivity contribution in [3.8, 4) is 0 Å². The van der Waals surface area contributed by atoms with Gasteiger partial charge in [-0.15, -0.1) is 11.3 Å². The Hall–Kier alpha value is -0.960. The fraction of sp³-hybridized carbons (Fsp3) is 0.250. The quantitative estimate of drug-likeness (QED) is 0.804. The number of benzene rings is 1. The predicted molar refractivity (Wildman–Crippen MR) is 84.1 cm³/mol. The summed E-state index contributed by atoms with van der Waals surface area (Å²) >= 11 is 4.67. The number of nitrogens with one attached hydrogen (secondary N) is 1. The molecule has 1 aromatic heterocycles. The minimum atomic E-state index is -3.69. The Morgan fingerprint density at radius 2 is 2.15 bits per heavy atom. The van der Waals surface area contributed by atoms with E-state index in [-0.39, 0.29) is 10.6 Å². The summed E-state index contributed by atoms with van der Waals surface area (Å²) in [6, 6.07) is 4.33. The Balaban J connectivity index is 2.29. The van der Waals surface area contributed by atoms with E-state index in [9.17, 15) is 8.42 Å². The van der Waals surface area contributed by atoms with Crippen LogP contribution in [-0.2, 0) is 10.0 Å². The molecule has 8 heteroatoms. The molecule has 0 amide bonds. The number of anilines is 1. The highest BCUT2D eigenvalue weighted by atomic mass is 79.9. The number of nitrogens with zero attached hydrogens (tertiary/aromatic N) is 1. The van der Waals surface area contributed by atoms with Crippen molar-refractivity contribution in [3.63, 3.8) is 0 Å². The lowest BCUT2D eigenvalue weighted by Crippen LogP contribution is -2.27. The molecule has 0 saturated carbocycles.